The van der Waals surface area contributed by atoms with Crippen molar-refractivity contribution in [2.24, 2.45) is 0 Å². The van der Waals surface area contributed by atoms with Gasteiger partial charge in [-0.2, -0.15) is 0 Å². The topological polar surface area (TPSA) is 82.5 Å². The number of rotatable bonds is 2. The molecule has 3 N–H and O–H groups in total. The lowest BCUT2D eigenvalue weighted by Gasteiger charge is -2.07. The number of aromatic nitrogens is 1. The fraction of sp³-hybridized carbons (Fsp3) is 0. The second kappa shape index (κ2) is 5.05. The van der Waals surface area contributed by atoms with Crippen molar-refractivity contribution >= 4 is 27.5 Å². The first-order chi connectivity index (χ1) is 8.58. The maximum Gasteiger partial charge on any atom is 0.255 e. The number of hydrogen-bond acceptors (Lipinski definition) is 4. The van der Waals surface area contributed by atoms with E-state index >= 15 is 0 Å². The smallest absolute Gasteiger partial charge is 0.255 e. The summed E-state index contributed by atoms with van der Waals surface area (Å²) in [6.07, 6.45) is 1.59. The third kappa shape index (κ3) is 2.60. The summed E-state index contributed by atoms with van der Waals surface area (Å²) in [6.45, 7) is 0. The van der Waals surface area contributed by atoms with Crippen LogP contribution in [-0.2, 0) is 0 Å². The summed E-state index contributed by atoms with van der Waals surface area (Å²) in [5.74, 6) is -1.01. The predicted octanol–water partition coefficient (Wildman–Crippen LogP) is 2.51. The molecule has 1 amide bonds. The Balaban J connectivity index is 2.22. The number of aromatic hydroxyl groups is 2. The molecule has 0 atom stereocenters. The summed E-state index contributed by atoms with van der Waals surface area (Å²) in [7, 11) is 0. The highest BCUT2D eigenvalue weighted by Crippen LogP contribution is 2.26. The van der Waals surface area contributed by atoms with Gasteiger partial charge in [-0.15, -0.1) is 0 Å². The molecule has 0 aliphatic carbocycles. The van der Waals surface area contributed by atoms with Crippen LogP contribution in [0.4, 0.5) is 5.69 Å². The van der Waals surface area contributed by atoms with Gasteiger partial charge in [-0.05, 0) is 46.3 Å². The standard InChI is InChI=1S/C12H9BrN2O3/c13-11-8(2-1-5-14-11)15-12(18)7-3-4-9(16)10(17)6-7/h1-6,16-17H,(H,15,18). The van der Waals surface area contributed by atoms with Crippen LogP contribution in [0.1, 0.15) is 10.4 Å². The average Bonchev–Trinajstić information content (AvgIpc) is 2.35. The molecule has 1 aromatic heterocycles. The molecule has 2 rings (SSSR count). The molecule has 0 aliphatic heterocycles. The van der Waals surface area contributed by atoms with Crippen LogP contribution in [0.5, 0.6) is 11.5 Å². The molecule has 5 nitrogen and oxygen atoms in total. The van der Waals surface area contributed by atoms with Crippen LogP contribution >= 0.6 is 15.9 Å². The van der Waals surface area contributed by atoms with Crippen LogP contribution in [0.25, 0.3) is 0 Å². The van der Waals surface area contributed by atoms with Crippen LogP contribution in [0, 0.1) is 0 Å². The Morgan fingerprint density at radius 1 is 1.22 bits per heavy atom. The third-order valence-electron chi connectivity index (χ3n) is 2.24. The van der Waals surface area contributed by atoms with Crippen LogP contribution in [0.15, 0.2) is 41.1 Å². The zero-order valence-electron chi connectivity index (χ0n) is 9.09. The lowest BCUT2D eigenvalue weighted by atomic mass is 10.2. The first kappa shape index (κ1) is 12.4. The Hall–Kier alpha value is -2.08. The monoisotopic (exact) mass is 308 g/mol. The summed E-state index contributed by atoms with van der Waals surface area (Å²) in [6, 6.07) is 7.23. The maximum absolute atomic E-state index is 11.9. The SMILES string of the molecule is O=C(Nc1cccnc1Br)c1ccc(O)c(O)c1. The van der Waals surface area contributed by atoms with E-state index in [0.717, 1.165) is 0 Å². The fourth-order valence-electron chi connectivity index (χ4n) is 1.34. The van der Waals surface area contributed by atoms with Crippen molar-refractivity contribution in [3.63, 3.8) is 0 Å². The second-order valence-electron chi connectivity index (χ2n) is 3.50. The minimum Gasteiger partial charge on any atom is -0.504 e. The van der Waals surface area contributed by atoms with E-state index in [4.69, 9.17) is 5.11 Å². The summed E-state index contributed by atoms with van der Waals surface area (Å²) < 4.78 is 0.515. The molecular formula is C12H9BrN2O3. The van der Waals surface area contributed by atoms with Crippen molar-refractivity contribution in [2.45, 2.75) is 0 Å². The lowest BCUT2D eigenvalue weighted by molar-refractivity contribution is 0.102. The molecule has 0 radical (unpaired) electrons. The first-order valence-corrected chi connectivity index (χ1v) is 5.81. The number of pyridine rings is 1. The van der Waals surface area contributed by atoms with Gasteiger partial charge in [0.25, 0.3) is 5.91 Å². The highest BCUT2D eigenvalue weighted by Gasteiger charge is 2.10. The van der Waals surface area contributed by atoms with Gasteiger partial charge in [0, 0.05) is 11.8 Å². The molecule has 0 spiro atoms. The van der Waals surface area contributed by atoms with E-state index in [1.807, 2.05) is 0 Å². The molecule has 1 heterocycles. The van der Waals surface area contributed by atoms with Crippen molar-refractivity contribution < 1.29 is 15.0 Å². The van der Waals surface area contributed by atoms with Gasteiger partial charge >= 0.3 is 0 Å². The van der Waals surface area contributed by atoms with Gasteiger partial charge in [-0.3, -0.25) is 4.79 Å². The quantitative estimate of drug-likeness (QED) is 0.588. The number of benzene rings is 1. The first-order valence-electron chi connectivity index (χ1n) is 5.02. The van der Waals surface area contributed by atoms with E-state index in [-0.39, 0.29) is 17.1 Å². The molecule has 0 saturated heterocycles. The zero-order chi connectivity index (χ0) is 13.1. The van der Waals surface area contributed by atoms with Gasteiger partial charge in [0.2, 0.25) is 0 Å². The van der Waals surface area contributed by atoms with E-state index in [9.17, 15) is 9.90 Å². The molecular weight excluding hydrogens is 300 g/mol. The van der Waals surface area contributed by atoms with Gasteiger partial charge in [-0.1, -0.05) is 0 Å². The van der Waals surface area contributed by atoms with E-state index in [0.29, 0.717) is 10.3 Å². The van der Waals surface area contributed by atoms with Gasteiger partial charge in [0.05, 0.1) is 5.69 Å². The second-order valence-corrected chi connectivity index (χ2v) is 4.25. The predicted molar refractivity (Wildman–Crippen MR) is 69.7 cm³/mol. The minimum absolute atomic E-state index is 0.237. The minimum atomic E-state index is -0.404. The van der Waals surface area contributed by atoms with Crippen molar-refractivity contribution in [1.29, 1.82) is 0 Å². The number of carbonyl (C=O) groups excluding carboxylic acids is 1. The average molecular weight is 309 g/mol. The van der Waals surface area contributed by atoms with E-state index in [1.54, 1.807) is 18.3 Å². The summed E-state index contributed by atoms with van der Waals surface area (Å²) >= 11 is 3.21. The number of hydrogen-bond donors (Lipinski definition) is 3. The summed E-state index contributed by atoms with van der Waals surface area (Å²) in [4.78, 5) is 15.8. The Bertz CT molecular complexity index is 602. The Morgan fingerprint density at radius 3 is 2.67 bits per heavy atom. The number of phenolic OH excluding ortho intramolecular Hbond substituents is 2. The number of nitrogens with one attached hydrogen (secondary N) is 1. The number of phenols is 2. The molecule has 18 heavy (non-hydrogen) atoms. The summed E-state index contributed by atoms with van der Waals surface area (Å²) in [5, 5.41) is 21.1. The van der Waals surface area contributed by atoms with Crippen LogP contribution < -0.4 is 5.32 Å². The Morgan fingerprint density at radius 2 is 2.00 bits per heavy atom. The van der Waals surface area contributed by atoms with Crippen LogP contribution in [0.2, 0.25) is 0 Å². The van der Waals surface area contributed by atoms with Gasteiger partial charge in [-0.25, -0.2) is 4.98 Å². The molecule has 6 heteroatoms. The van der Waals surface area contributed by atoms with Gasteiger partial charge in [0.1, 0.15) is 4.60 Å². The largest absolute Gasteiger partial charge is 0.504 e. The zero-order valence-corrected chi connectivity index (χ0v) is 10.7. The molecule has 0 saturated carbocycles. The van der Waals surface area contributed by atoms with E-state index < -0.39 is 5.91 Å². The van der Waals surface area contributed by atoms with Crippen LogP contribution in [-0.4, -0.2) is 21.1 Å². The summed E-state index contributed by atoms with van der Waals surface area (Å²) in [5.41, 5.74) is 0.760. The molecule has 0 unspecified atom stereocenters. The fourth-order valence-corrected chi connectivity index (χ4v) is 1.69. The third-order valence-corrected chi connectivity index (χ3v) is 2.88. The number of nitrogens with zero attached hydrogens (tertiary/aromatic N) is 1. The normalized spacial score (nSPS) is 10.1. The molecule has 2 aromatic rings. The number of amides is 1. The Labute approximate surface area is 111 Å². The molecule has 0 aliphatic rings. The number of halogens is 1. The molecule has 0 fully saturated rings. The number of anilines is 1. The van der Waals surface area contributed by atoms with E-state index in [2.05, 4.69) is 26.2 Å². The highest BCUT2D eigenvalue weighted by molar-refractivity contribution is 9.10. The molecule has 0 bridgehead atoms. The Kier molecular flexibility index (Phi) is 3.47. The van der Waals surface area contributed by atoms with Gasteiger partial charge < -0.3 is 15.5 Å². The van der Waals surface area contributed by atoms with E-state index in [1.165, 1.54) is 18.2 Å². The van der Waals surface area contributed by atoms with Crippen LogP contribution in [0.3, 0.4) is 0 Å². The highest BCUT2D eigenvalue weighted by atomic mass is 79.9. The van der Waals surface area contributed by atoms with Crippen molar-refractivity contribution in [2.75, 3.05) is 5.32 Å². The van der Waals surface area contributed by atoms with Crippen molar-refractivity contribution in [3.8, 4) is 11.5 Å². The molecule has 1 aromatic carbocycles. The van der Waals surface area contributed by atoms with Crippen molar-refractivity contribution in [1.82, 2.24) is 4.98 Å². The molecule has 92 valence electrons. The van der Waals surface area contributed by atoms with Crippen molar-refractivity contribution in [3.05, 3.63) is 46.7 Å². The number of carbonyl (C=O) groups is 1. The lowest BCUT2D eigenvalue weighted by Crippen LogP contribution is -2.12. The van der Waals surface area contributed by atoms with Gasteiger partial charge in [0.15, 0.2) is 11.5 Å². The maximum atomic E-state index is 11.9.